The van der Waals surface area contributed by atoms with Crippen molar-refractivity contribution in [3.05, 3.63) is 32.7 Å². The summed E-state index contributed by atoms with van der Waals surface area (Å²) in [4.78, 5) is 39.8. The minimum Gasteiger partial charge on any atom is -0.476 e. The van der Waals surface area contributed by atoms with Crippen molar-refractivity contribution in [1.82, 2.24) is 19.7 Å². The van der Waals surface area contributed by atoms with Gasteiger partial charge in [-0.1, -0.05) is 0 Å². The Morgan fingerprint density at radius 2 is 2.22 bits per heavy atom. The minimum absolute atomic E-state index is 0.00180. The molecule has 0 saturated heterocycles. The molecule has 18 heavy (non-hydrogen) atoms. The molecule has 0 spiro atoms. The number of hydrogen-bond donors (Lipinski definition) is 2. The van der Waals surface area contributed by atoms with E-state index in [-0.39, 0.29) is 16.1 Å². The molecule has 2 N–H and O–H groups in total. The van der Waals surface area contributed by atoms with Gasteiger partial charge >= 0.3 is 17.1 Å². The molecular weight excluding hydrogens is 264 g/mol. The maximum absolute atomic E-state index is 11.1. The van der Waals surface area contributed by atoms with Gasteiger partial charge in [0, 0.05) is 18.8 Å². The third-order valence-corrected chi connectivity index (χ3v) is 2.74. The summed E-state index contributed by atoms with van der Waals surface area (Å²) in [5.74, 6) is -1.23. The number of aromatic amines is 1. The predicted molar refractivity (Wildman–Crippen MR) is 57.7 cm³/mol. The summed E-state index contributed by atoms with van der Waals surface area (Å²) in [5, 5.41) is 11.0. The molecule has 0 aromatic carbocycles. The number of carbonyl (C=O) groups is 1. The van der Waals surface area contributed by atoms with Gasteiger partial charge in [-0.25, -0.2) is 4.79 Å². The molecule has 2 aromatic heterocycles. The maximum Gasteiger partial charge on any atom is 0.357 e. The highest BCUT2D eigenvalue weighted by Crippen LogP contribution is 2.23. The molecule has 0 bridgehead atoms. The smallest absolute Gasteiger partial charge is 0.357 e. The van der Waals surface area contributed by atoms with E-state index in [4.69, 9.17) is 9.52 Å². The lowest BCUT2D eigenvalue weighted by atomic mass is 10.5. The van der Waals surface area contributed by atoms with Crippen LogP contribution in [0, 0.1) is 0 Å². The van der Waals surface area contributed by atoms with Crippen LogP contribution in [-0.2, 0) is 7.05 Å². The quantitative estimate of drug-likeness (QED) is 0.700. The molecule has 2 rings (SSSR count). The second-order valence-corrected chi connectivity index (χ2v) is 4.02. The molecule has 0 atom stereocenters. The SMILES string of the molecule is Cn1[nH]c(=O)c(=O)nc1Sc1nc(C(=O)O)co1. The van der Waals surface area contributed by atoms with Crippen LogP contribution in [0.15, 0.2) is 30.6 Å². The van der Waals surface area contributed by atoms with Crippen molar-refractivity contribution in [3.8, 4) is 0 Å². The topological polar surface area (TPSA) is 131 Å². The lowest BCUT2D eigenvalue weighted by Crippen LogP contribution is -2.33. The van der Waals surface area contributed by atoms with Gasteiger partial charge in [0.2, 0.25) is 0 Å². The van der Waals surface area contributed by atoms with Crippen LogP contribution in [0.3, 0.4) is 0 Å². The van der Waals surface area contributed by atoms with Crippen molar-refractivity contribution in [1.29, 1.82) is 0 Å². The minimum atomic E-state index is -1.23. The van der Waals surface area contributed by atoms with Gasteiger partial charge in [0.15, 0.2) is 10.9 Å². The number of aromatic carboxylic acids is 1. The summed E-state index contributed by atoms with van der Waals surface area (Å²) in [6.45, 7) is 0. The average Bonchev–Trinajstić information content (AvgIpc) is 2.74. The molecule has 0 aliphatic carbocycles. The monoisotopic (exact) mass is 270 g/mol. The van der Waals surface area contributed by atoms with E-state index in [1.165, 1.54) is 11.7 Å². The Bertz CT molecular complexity index is 715. The van der Waals surface area contributed by atoms with Gasteiger partial charge < -0.3 is 9.52 Å². The number of aryl methyl sites for hydroxylation is 1. The number of nitrogens with one attached hydrogen (secondary N) is 1. The zero-order chi connectivity index (χ0) is 13.3. The van der Waals surface area contributed by atoms with Gasteiger partial charge in [0.05, 0.1) is 0 Å². The van der Waals surface area contributed by atoms with Crippen molar-refractivity contribution in [2.24, 2.45) is 7.05 Å². The summed E-state index contributed by atoms with van der Waals surface area (Å²) in [5.41, 5.74) is -2.05. The number of carboxylic acids is 1. The number of oxazole rings is 1. The Balaban J connectivity index is 2.34. The Morgan fingerprint density at radius 1 is 1.50 bits per heavy atom. The number of hydrogen-bond acceptors (Lipinski definition) is 7. The van der Waals surface area contributed by atoms with Crippen LogP contribution < -0.4 is 11.1 Å². The van der Waals surface area contributed by atoms with E-state index >= 15 is 0 Å². The van der Waals surface area contributed by atoms with E-state index in [0.29, 0.717) is 0 Å². The second-order valence-electron chi connectivity index (χ2n) is 3.11. The van der Waals surface area contributed by atoms with Crippen molar-refractivity contribution in [2.45, 2.75) is 10.4 Å². The second kappa shape index (κ2) is 4.49. The number of nitrogens with zero attached hydrogens (tertiary/aromatic N) is 3. The molecule has 0 amide bonds. The van der Waals surface area contributed by atoms with Gasteiger partial charge in [-0.05, 0) is 0 Å². The number of H-pyrrole nitrogens is 1. The number of aromatic nitrogens is 4. The molecular formula is C8H6N4O5S. The van der Waals surface area contributed by atoms with Crippen molar-refractivity contribution in [2.75, 3.05) is 0 Å². The fraction of sp³-hybridized carbons (Fsp3) is 0.125. The molecule has 94 valence electrons. The van der Waals surface area contributed by atoms with Crippen LogP contribution in [-0.4, -0.2) is 30.8 Å². The molecule has 9 nitrogen and oxygen atoms in total. The largest absolute Gasteiger partial charge is 0.476 e. The highest BCUT2D eigenvalue weighted by Gasteiger charge is 2.14. The van der Waals surface area contributed by atoms with Gasteiger partial charge in [0.25, 0.3) is 5.22 Å². The highest BCUT2D eigenvalue weighted by atomic mass is 32.2. The first kappa shape index (κ1) is 12.1. The Labute approximate surface area is 102 Å². The lowest BCUT2D eigenvalue weighted by Gasteiger charge is -2.02. The van der Waals surface area contributed by atoms with Gasteiger partial charge in [-0.3, -0.25) is 19.4 Å². The normalized spacial score (nSPS) is 10.5. The fourth-order valence-electron chi connectivity index (χ4n) is 1.03. The zero-order valence-corrected chi connectivity index (χ0v) is 9.72. The molecule has 10 heteroatoms. The molecule has 0 fully saturated rings. The van der Waals surface area contributed by atoms with Crippen LogP contribution in [0.2, 0.25) is 0 Å². The van der Waals surface area contributed by atoms with Crippen LogP contribution in [0.1, 0.15) is 10.5 Å². The zero-order valence-electron chi connectivity index (χ0n) is 8.91. The molecule has 0 radical (unpaired) electrons. The van der Waals surface area contributed by atoms with Crippen LogP contribution in [0.4, 0.5) is 0 Å². The lowest BCUT2D eigenvalue weighted by molar-refractivity contribution is 0.0690. The van der Waals surface area contributed by atoms with Crippen LogP contribution in [0.25, 0.3) is 0 Å². The van der Waals surface area contributed by atoms with Gasteiger partial charge in [0.1, 0.15) is 6.26 Å². The fourth-order valence-corrected chi connectivity index (χ4v) is 1.74. The van der Waals surface area contributed by atoms with E-state index in [2.05, 4.69) is 15.1 Å². The maximum atomic E-state index is 11.1. The van der Waals surface area contributed by atoms with Crippen molar-refractivity contribution in [3.63, 3.8) is 0 Å². The molecule has 2 aromatic rings. The standard InChI is InChI=1S/C8H6N4O5S/c1-12-7(10-4(13)5(14)11-12)18-8-9-3(2-17-8)6(15)16/h2H,1H3,(H,11,14)(H,15,16). The molecule has 2 heterocycles. The molecule has 0 saturated carbocycles. The van der Waals surface area contributed by atoms with Gasteiger partial charge in [-0.15, -0.1) is 0 Å². The van der Waals surface area contributed by atoms with E-state index in [1.807, 2.05) is 0 Å². The number of rotatable bonds is 3. The van der Waals surface area contributed by atoms with Crippen molar-refractivity contribution < 1.29 is 14.3 Å². The summed E-state index contributed by atoms with van der Waals surface area (Å²) in [7, 11) is 1.47. The van der Waals surface area contributed by atoms with E-state index < -0.39 is 17.1 Å². The van der Waals surface area contributed by atoms with Crippen LogP contribution in [0.5, 0.6) is 0 Å². The Kier molecular flexibility index (Phi) is 3.02. The molecule has 0 aliphatic rings. The Morgan fingerprint density at radius 3 is 2.83 bits per heavy atom. The number of carboxylic acid groups (broad SMARTS) is 1. The van der Waals surface area contributed by atoms with E-state index in [9.17, 15) is 14.4 Å². The summed E-state index contributed by atoms with van der Waals surface area (Å²) in [6, 6.07) is 0. The Hall–Kier alpha value is -2.36. The van der Waals surface area contributed by atoms with Gasteiger partial charge in [-0.2, -0.15) is 9.97 Å². The van der Waals surface area contributed by atoms with Crippen molar-refractivity contribution >= 4 is 17.7 Å². The summed E-state index contributed by atoms with van der Waals surface area (Å²) in [6.07, 6.45) is 0.967. The first-order chi connectivity index (χ1) is 8.47. The van der Waals surface area contributed by atoms with Crippen LogP contribution >= 0.6 is 11.8 Å². The average molecular weight is 270 g/mol. The predicted octanol–water partition coefficient (Wildman–Crippen LogP) is -0.694. The molecule has 0 aliphatic heterocycles. The molecule has 0 unspecified atom stereocenters. The third kappa shape index (κ3) is 2.32. The van der Waals surface area contributed by atoms with E-state index in [1.54, 1.807) is 0 Å². The first-order valence-corrected chi connectivity index (χ1v) is 5.33. The first-order valence-electron chi connectivity index (χ1n) is 4.51. The summed E-state index contributed by atoms with van der Waals surface area (Å²) < 4.78 is 6.09. The van der Waals surface area contributed by atoms with E-state index in [0.717, 1.165) is 18.0 Å². The third-order valence-electron chi connectivity index (χ3n) is 1.83. The summed E-state index contributed by atoms with van der Waals surface area (Å²) >= 11 is 0.816. The highest BCUT2D eigenvalue weighted by molar-refractivity contribution is 7.98.